The predicted molar refractivity (Wildman–Crippen MR) is 50.2 cm³/mol. The largest absolute Gasteiger partial charge is 0.355 e. The van der Waals surface area contributed by atoms with E-state index in [1.165, 1.54) is 6.42 Å². The van der Waals surface area contributed by atoms with Crippen molar-refractivity contribution in [2.45, 2.75) is 26.6 Å². The van der Waals surface area contributed by atoms with E-state index in [-0.39, 0.29) is 6.29 Å². The van der Waals surface area contributed by atoms with Crippen LogP contribution in [0.15, 0.2) is 0 Å². The van der Waals surface area contributed by atoms with Gasteiger partial charge in [0.1, 0.15) is 0 Å². The van der Waals surface area contributed by atoms with Crippen molar-refractivity contribution >= 4 is 0 Å². The van der Waals surface area contributed by atoms with E-state index in [0.29, 0.717) is 0 Å². The van der Waals surface area contributed by atoms with Crippen LogP contribution in [-0.2, 0) is 9.47 Å². The Morgan fingerprint density at radius 1 is 1.17 bits per heavy atom. The van der Waals surface area contributed by atoms with E-state index in [0.717, 1.165) is 19.6 Å². The van der Waals surface area contributed by atoms with Gasteiger partial charge in [0, 0.05) is 20.8 Å². The lowest BCUT2D eigenvalue weighted by Gasteiger charge is -2.23. The zero-order valence-electron chi connectivity index (χ0n) is 8.67. The Hall–Kier alpha value is -0.120. The number of hydrogen-bond donors (Lipinski definition) is 0. The molecular weight excluding hydrogens is 154 g/mol. The molecule has 0 spiro atoms. The zero-order valence-corrected chi connectivity index (χ0v) is 8.67. The number of methoxy groups -OCH3 is 2. The molecule has 0 fully saturated rings. The third-order valence-corrected chi connectivity index (χ3v) is 1.92. The lowest BCUT2D eigenvalue weighted by atomic mass is 10.4. The molecule has 0 aliphatic rings. The molecule has 0 heterocycles. The van der Waals surface area contributed by atoms with E-state index < -0.39 is 0 Å². The monoisotopic (exact) mass is 175 g/mol. The highest BCUT2D eigenvalue weighted by Crippen LogP contribution is 1.97. The van der Waals surface area contributed by atoms with E-state index >= 15 is 0 Å². The van der Waals surface area contributed by atoms with Crippen LogP contribution in [0.1, 0.15) is 20.3 Å². The Morgan fingerprint density at radius 2 is 1.75 bits per heavy atom. The number of rotatable bonds is 7. The Bertz CT molecular complexity index is 94.5. The molecule has 0 amide bonds. The van der Waals surface area contributed by atoms with Crippen molar-refractivity contribution in [1.82, 2.24) is 4.90 Å². The average molecular weight is 175 g/mol. The van der Waals surface area contributed by atoms with Gasteiger partial charge < -0.3 is 9.47 Å². The summed E-state index contributed by atoms with van der Waals surface area (Å²) in [6, 6.07) is 0. The molecule has 74 valence electrons. The topological polar surface area (TPSA) is 21.7 Å². The molecule has 0 aliphatic carbocycles. The first kappa shape index (κ1) is 11.9. The Kier molecular flexibility index (Phi) is 7.45. The molecule has 0 rings (SSSR count). The minimum Gasteiger partial charge on any atom is -0.355 e. The van der Waals surface area contributed by atoms with Crippen LogP contribution in [0.3, 0.4) is 0 Å². The van der Waals surface area contributed by atoms with Crippen LogP contribution in [0.4, 0.5) is 0 Å². The van der Waals surface area contributed by atoms with Crippen LogP contribution >= 0.6 is 0 Å². The second-order valence-corrected chi connectivity index (χ2v) is 2.79. The van der Waals surface area contributed by atoms with Crippen LogP contribution in [0.25, 0.3) is 0 Å². The molecule has 0 saturated carbocycles. The summed E-state index contributed by atoms with van der Waals surface area (Å²) >= 11 is 0. The van der Waals surface area contributed by atoms with Crippen molar-refractivity contribution in [3.8, 4) is 0 Å². The first-order valence-corrected chi connectivity index (χ1v) is 4.56. The Morgan fingerprint density at radius 3 is 2.08 bits per heavy atom. The van der Waals surface area contributed by atoms with Crippen LogP contribution in [0, 0.1) is 0 Å². The maximum Gasteiger partial charge on any atom is 0.169 e. The van der Waals surface area contributed by atoms with Crippen molar-refractivity contribution in [3.63, 3.8) is 0 Å². The molecule has 0 unspecified atom stereocenters. The van der Waals surface area contributed by atoms with Gasteiger partial charge in [0.15, 0.2) is 6.29 Å². The average Bonchev–Trinajstić information content (AvgIpc) is 2.12. The van der Waals surface area contributed by atoms with Crippen molar-refractivity contribution in [3.05, 3.63) is 0 Å². The molecule has 0 bridgehead atoms. The smallest absolute Gasteiger partial charge is 0.169 e. The van der Waals surface area contributed by atoms with Gasteiger partial charge in [-0.15, -0.1) is 0 Å². The van der Waals surface area contributed by atoms with E-state index in [4.69, 9.17) is 9.47 Å². The second-order valence-electron chi connectivity index (χ2n) is 2.79. The van der Waals surface area contributed by atoms with Crippen molar-refractivity contribution < 1.29 is 9.47 Å². The summed E-state index contributed by atoms with van der Waals surface area (Å²) < 4.78 is 10.2. The fraction of sp³-hybridized carbons (Fsp3) is 1.00. The highest BCUT2D eigenvalue weighted by Gasteiger charge is 2.09. The summed E-state index contributed by atoms with van der Waals surface area (Å²) in [5, 5.41) is 0. The summed E-state index contributed by atoms with van der Waals surface area (Å²) in [6.45, 7) is 7.35. The molecule has 12 heavy (non-hydrogen) atoms. The first-order valence-electron chi connectivity index (χ1n) is 4.56. The van der Waals surface area contributed by atoms with E-state index in [1.807, 2.05) is 0 Å². The summed E-state index contributed by atoms with van der Waals surface area (Å²) in [5.41, 5.74) is 0. The molecule has 0 aliphatic heterocycles. The van der Waals surface area contributed by atoms with Gasteiger partial charge in [-0.25, -0.2) is 0 Å². The molecule has 0 aromatic heterocycles. The third-order valence-electron chi connectivity index (χ3n) is 1.92. The van der Waals surface area contributed by atoms with Gasteiger partial charge in [-0.2, -0.15) is 0 Å². The van der Waals surface area contributed by atoms with Gasteiger partial charge in [0.2, 0.25) is 0 Å². The van der Waals surface area contributed by atoms with Crippen LogP contribution in [-0.4, -0.2) is 45.0 Å². The van der Waals surface area contributed by atoms with Gasteiger partial charge in [-0.3, -0.25) is 4.90 Å². The maximum absolute atomic E-state index is 5.11. The molecule has 0 atom stereocenters. The standard InChI is InChI=1S/C9H21NO2/c1-5-7-10(6-2)8-9(11-3)12-4/h9H,5-8H2,1-4H3. The van der Waals surface area contributed by atoms with Gasteiger partial charge in [0.25, 0.3) is 0 Å². The summed E-state index contributed by atoms with van der Waals surface area (Å²) in [4.78, 5) is 2.32. The van der Waals surface area contributed by atoms with Crippen molar-refractivity contribution in [2.24, 2.45) is 0 Å². The van der Waals surface area contributed by atoms with E-state index in [9.17, 15) is 0 Å². The molecule has 0 aromatic carbocycles. The molecule has 0 aromatic rings. The summed E-state index contributed by atoms with van der Waals surface area (Å²) in [7, 11) is 3.35. The number of ether oxygens (including phenoxy) is 2. The third kappa shape index (κ3) is 4.70. The molecule has 0 saturated heterocycles. The molecule has 3 nitrogen and oxygen atoms in total. The number of likely N-dealkylation sites (N-methyl/N-ethyl adjacent to an activating group) is 1. The van der Waals surface area contributed by atoms with E-state index in [1.54, 1.807) is 14.2 Å². The predicted octanol–water partition coefficient (Wildman–Crippen LogP) is 1.34. The second kappa shape index (κ2) is 7.53. The summed E-state index contributed by atoms with van der Waals surface area (Å²) in [5.74, 6) is 0. The zero-order chi connectivity index (χ0) is 9.40. The molecular formula is C9H21NO2. The van der Waals surface area contributed by atoms with Gasteiger partial charge in [-0.05, 0) is 19.5 Å². The maximum atomic E-state index is 5.11. The Labute approximate surface area is 75.6 Å². The van der Waals surface area contributed by atoms with Crippen LogP contribution in [0.5, 0.6) is 0 Å². The molecule has 3 heteroatoms. The van der Waals surface area contributed by atoms with Gasteiger partial charge in [0.05, 0.1) is 0 Å². The highest BCUT2D eigenvalue weighted by molar-refractivity contribution is 4.56. The Balaban J connectivity index is 3.65. The van der Waals surface area contributed by atoms with Gasteiger partial charge >= 0.3 is 0 Å². The lowest BCUT2D eigenvalue weighted by Crippen LogP contribution is -2.34. The van der Waals surface area contributed by atoms with Crippen molar-refractivity contribution in [2.75, 3.05) is 33.9 Å². The highest BCUT2D eigenvalue weighted by atomic mass is 16.7. The first-order chi connectivity index (χ1) is 5.78. The number of nitrogens with zero attached hydrogens (tertiary/aromatic N) is 1. The SMILES string of the molecule is CCCN(CC)CC(OC)OC. The molecule has 0 radical (unpaired) electrons. The minimum absolute atomic E-state index is 0.0866. The van der Waals surface area contributed by atoms with Crippen LogP contribution < -0.4 is 0 Å². The fourth-order valence-electron chi connectivity index (χ4n) is 1.15. The lowest BCUT2D eigenvalue weighted by molar-refractivity contribution is -0.115. The van der Waals surface area contributed by atoms with Crippen LogP contribution in [0.2, 0.25) is 0 Å². The quantitative estimate of drug-likeness (QED) is 0.545. The number of hydrogen-bond acceptors (Lipinski definition) is 3. The van der Waals surface area contributed by atoms with Crippen molar-refractivity contribution in [1.29, 1.82) is 0 Å². The van der Waals surface area contributed by atoms with E-state index in [2.05, 4.69) is 18.7 Å². The normalized spacial score (nSPS) is 11.5. The summed E-state index contributed by atoms with van der Waals surface area (Å²) in [6.07, 6.45) is 1.09. The minimum atomic E-state index is -0.0866. The fourth-order valence-corrected chi connectivity index (χ4v) is 1.15. The molecule has 0 N–H and O–H groups in total. The van der Waals surface area contributed by atoms with Gasteiger partial charge in [-0.1, -0.05) is 13.8 Å².